The van der Waals surface area contributed by atoms with Gasteiger partial charge in [0.05, 0.1) is 12.8 Å². The zero-order chi connectivity index (χ0) is 8.27. The van der Waals surface area contributed by atoms with Crippen molar-refractivity contribution in [1.29, 1.82) is 0 Å². The molecule has 1 aromatic heterocycles. The lowest BCUT2D eigenvalue weighted by atomic mass is 10.3. The SMILES string of the molecule is COc1cc(Cl)nc(CN)c1. The number of aromatic nitrogens is 1. The maximum absolute atomic E-state index is 5.66. The topological polar surface area (TPSA) is 48.1 Å². The average molecular weight is 173 g/mol. The van der Waals surface area contributed by atoms with Crippen LogP contribution in [0.25, 0.3) is 0 Å². The predicted molar refractivity (Wildman–Crippen MR) is 43.7 cm³/mol. The minimum Gasteiger partial charge on any atom is -0.497 e. The fourth-order valence-corrected chi connectivity index (χ4v) is 0.964. The second-order valence-corrected chi connectivity index (χ2v) is 2.41. The van der Waals surface area contributed by atoms with Crippen molar-refractivity contribution in [2.24, 2.45) is 5.73 Å². The van der Waals surface area contributed by atoms with Gasteiger partial charge < -0.3 is 10.5 Å². The molecule has 0 saturated carbocycles. The van der Waals surface area contributed by atoms with Crippen LogP contribution in [-0.4, -0.2) is 12.1 Å². The first-order chi connectivity index (χ1) is 5.26. The number of methoxy groups -OCH3 is 1. The fourth-order valence-electron chi connectivity index (χ4n) is 0.747. The molecule has 60 valence electrons. The van der Waals surface area contributed by atoms with Crippen LogP contribution >= 0.6 is 11.6 Å². The fraction of sp³-hybridized carbons (Fsp3) is 0.286. The Morgan fingerprint density at radius 1 is 1.64 bits per heavy atom. The Morgan fingerprint density at radius 2 is 2.36 bits per heavy atom. The van der Waals surface area contributed by atoms with E-state index in [2.05, 4.69) is 4.98 Å². The van der Waals surface area contributed by atoms with Gasteiger partial charge in [-0.1, -0.05) is 11.6 Å². The molecule has 0 saturated heterocycles. The molecule has 0 bridgehead atoms. The maximum Gasteiger partial charge on any atom is 0.133 e. The lowest BCUT2D eigenvalue weighted by molar-refractivity contribution is 0.413. The van der Waals surface area contributed by atoms with E-state index in [0.29, 0.717) is 17.4 Å². The van der Waals surface area contributed by atoms with Crippen LogP contribution < -0.4 is 10.5 Å². The predicted octanol–water partition coefficient (Wildman–Crippen LogP) is 1.20. The molecule has 0 fully saturated rings. The first kappa shape index (κ1) is 8.30. The highest BCUT2D eigenvalue weighted by Gasteiger charge is 1.98. The minimum absolute atomic E-state index is 0.372. The summed E-state index contributed by atoms with van der Waals surface area (Å²) in [6, 6.07) is 3.40. The Hall–Kier alpha value is -0.800. The molecule has 0 spiro atoms. The van der Waals surface area contributed by atoms with E-state index in [4.69, 9.17) is 22.1 Å². The summed E-state index contributed by atoms with van der Waals surface area (Å²) in [5.41, 5.74) is 6.10. The van der Waals surface area contributed by atoms with Crippen LogP contribution in [0.15, 0.2) is 12.1 Å². The molecule has 1 aromatic rings. The Balaban J connectivity index is 3.02. The van der Waals surface area contributed by atoms with E-state index in [-0.39, 0.29) is 0 Å². The molecular weight excluding hydrogens is 164 g/mol. The standard InChI is InChI=1S/C7H9ClN2O/c1-11-6-2-5(4-9)10-7(8)3-6/h2-3H,4,9H2,1H3. The van der Waals surface area contributed by atoms with E-state index < -0.39 is 0 Å². The van der Waals surface area contributed by atoms with Gasteiger partial charge in [-0.3, -0.25) is 0 Å². The largest absolute Gasteiger partial charge is 0.497 e. The van der Waals surface area contributed by atoms with Crippen molar-refractivity contribution in [2.75, 3.05) is 7.11 Å². The molecule has 2 N–H and O–H groups in total. The van der Waals surface area contributed by atoms with Crippen molar-refractivity contribution in [3.05, 3.63) is 23.0 Å². The third-order valence-electron chi connectivity index (χ3n) is 1.27. The number of hydrogen-bond acceptors (Lipinski definition) is 3. The smallest absolute Gasteiger partial charge is 0.133 e. The molecule has 0 aliphatic carbocycles. The number of ether oxygens (including phenoxy) is 1. The van der Waals surface area contributed by atoms with Gasteiger partial charge in [-0.05, 0) is 0 Å². The van der Waals surface area contributed by atoms with E-state index in [1.165, 1.54) is 0 Å². The normalized spacial score (nSPS) is 9.73. The van der Waals surface area contributed by atoms with E-state index >= 15 is 0 Å². The number of rotatable bonds is 2. The molecule has 0 radical (unpaired) electrons. The molecule has 0 aliphatic heterocycles. The van der Waals surface area contributed by atoms with Gasteiger partial charge >= 0.3 is 0 Å². The van der Waals surface area contributed by atoms with Gasteiger partial charge in [-0.2, -0.15) is 0 Å². The van der Waals surface area contributed by atoms with E-state index in [0.717, 1.165) is 5.69 Å². The summed E-state index contributed by atoms with van der Waals surface area (Å²) in [6.07, 6.45) is 0. The Kier molecular flexibility index (Phi) is 2.68. The summed E-state index contributed by atoms with van der Waals surface area (Å²) >= 11 is 5.66. The van der Waals surface area contributed by atoms with E-state index in [1.54, 1.807) is 19.2 Å². The van der Waals surface area contributed by atoms with Crippen molar-refractivity contribution in [1.82, 2.24) is 4.98 Å². The summed E-state index contributed by atoms with van der Waals surface area (Å²) in [6.45, 7) is 0.372. The number of hydrogen-bond donors (Lipinski definition) is 1. The zero-order valence-electron chi connectivity index (χ0n) is 6.17. The number of nitrogens with zero attached hydrogens (tertiary/aromatic N) is 1. The highest BCUT2D eigenvalue weighted by molar-refractivity contribution is 6.29. The molecular formula is C7H9ClN2O. The molecule has 0 aromatic carbocycles. The van der Waals surface area contributed by atoms with Crippen molar-refractivity contribution in [2.45, 2.75) is 6.54 Å². The second-order valence-electron chi connectivity index (χ2n) is 2.03. The van der Waals surface area contributed by atoms with Crippen LogP contribution in [0.5, 0.6) is 5.75 Å². The monoisotopic (exact) mass is 172 g/mol. The summed E-state index contributed by atoms with van der Waals surface area (Å²) in [5, 5.41) is 0.407. The lowest BCUT2D eigenvalue weighted by Crippen LogP contribution is -2.00. The van der Waals surface area contributed by atoms with Crippen LogP contribution in [0.4, 0.5) is 0 Å². The molecule has 0 atom stereocenters. The van der Waals surface area contributed by atoms with Crippen LogP contribution in [0.2, 0.25) is 5.15 Å². The number of pyridine rings is 1. The molecule has 0 aliphatic rings. The van der Waals surface area contributed by atoms with E-state index in [9.17, 15) is 0 Å². The van der Waals surface area contributed by atoms with Gasteiger partial charge in [-0.15, -0.1) is 0 Å². The van der Waals surface area contributed by atoms with Crippen molar-refractivity contribution < 1.29 is 4.74 Å². The third kappa shape index (κ3) is 2.06. The van der Waals surface area contributed by atoms with Gasteiger partial charge in [0.25, 0.3) is 0 Å². The second kappa shape index (κ2) is 3.55. The molecule has 1 heterocycles. The third-order valence-corrected chi connectivity index (χ3v) is 1.46. The van der Waals surface area contributed by atoms with Gasteiger partial charge in [0, 0.05) is 18.7 Å². The summed E-state index contributed by atoms with van der Waals surface area (Å²) in [7, 11) is 1.58. The van der Waals surface area contributed by atoms with Crippen LogP contribution in [-0.2, 0) is 6.54 Å². The van der Waals surface area contributed by atoms with Crippen LogP contribution in [0.3, 0.4) is 0 Å². The van der Waals surface area contributed by atoms with E-state index in [1.807, 2.05) is 0 Å². The van der Waals surface area contributed by atoms with Gasteiger partial charge in [0.15, 0.2) is 0 Å². The molecule has 4 heteroatoms. The molecule has 11 heavy (non-hydrogen) atoms. The molecule has 1 rings (SSSR count). The van der Waals surface area contributed by atoms with Crippen molar-refractivity contribution >= 4 is 11.6 Å². The maximum atomic E-state index is 5.66. The van der Waals surface area contributed by atoms with Gasteiger partial charge in [-0.25, -0.2) is 4.98 Å². The number of halogens is 1. The Bertz CT molecular complexity index is 230. The Morgan fingerprint density at radius 3 is 2.91 bits per heavy atom. The minimum atomic E-state index is 0.372. The first-order valence-corrected chi connectivity index (χ1v) is 3.54. The zero-order valence-corrected chi connectivity index (χ0v) is 6.93. The summed E-state index contributed by atoms with van der Waals surface area (Å²) in [4.78, 5) is 3.96. The summed E-state index contributed by atoms with van der Waals surface area (Å²) in [5.74, 6) is 0.686. The van der Waals surface area contributed by atoms with Crippen LogP contribution in [0.1, 0.15) is 5.69 Å². The summed E-state index contributed by atoms with van der Waals surface area (Å²) < 4.78 is 4.96. The van der Waals surface area contributed by atoms with Gasteiger partial charge in [0.1, 0.15) is 10.9 Å². The quantitative estimate of drug-likeness (QED) is 0.682. The highest BCUT2D eigenvalue weighted by atomic mass is 35.5. The molecule has 0 amide bonds. The molecule has 0 unspecified atom stereocenters. The first-order valence-electron chi connectivity index (χ1n) is 3.17. The number of nitrogens with two attached hydrogens (primary N) is 1. The van der Waals surface area contributed by atoms with Crippen molar-refractivity contribution in [3.63, 3.8) is 0 Å². The van der Waals surface area contributed by atoms with Crippen molar-refractivity contribution in [3.8, 4) is 5.75 Å². The lowest BCUT2D eigenvalue weighted by Gasteiger charge is -2.01. The van der Waals surface area contributed by atoms with Gasteiger partial charge in [0.2, 0.25) is 0 Å². The Labute approximate surface area is 70.1 Å². The molecule has 3 nitrogen and oxygen atoms in total. The average Bonchev–Trinajstić information content (AvgIpc) is 2.03. The highest BCUT2D eigenvalue weighted by Crippen LogP contribution is 2.16. The van der Waals surface area contributed by atoms with Crippen LogP contribution in [0, 0.1) is 0 Å².